The zero-order valence-electron chi connectivity index (χ0n) is 16.5. The maximum atomic E-state index is 6.12. The summed E-state index contributed by atoms with van der Waals surface area (Å²) in [6.07, 6.45) is 3.58. The molecular weight excluding hydrogens is 382 g/mol. The van der Waals surface area contributed by atoms with Gasteiger partial charge >= 0.3 is 0 Å². The van der Waals surface area contributed by atoms with Gasteiger partial charge in [0.25, 0.3) is 0 Å². The third-order valence-corrected chi connectivity index (χ3v) is 5.14. The van der Waals surface area contributed by atoms with Gasteiger partial charge < -0.3 is 4.74 Å². The molecule has 5 heteroatoms. The Kier molecular flexibility index (Phi) is 5.74. The first kappa shape index (κ1) is 19.4. The summed E-state index contributed by atoms with van der Waals surface area (Å²) in [5.41, 5.74) is 7.28. The average Bonchev–Trinajstić information content (AvgIpc) is 3.10. The monoisotopic (exact) mass is 403 g/mol. The smallest absolute Gasteiger partial charge is 0.101 e. The van der Waals surface area contributed by atoms with E-state index in [0.717, 1.165) is 39.3 Å². The van der Waals surface area contributed by atoms with Gasteiger partial charge in [0.1, 0.15) is 5.69 Å². The van der Waals surface area contributed by atoms with Crippen LogP contribution in [0.1, 0.15) is 18.2 Å². The van der Waals surface area contributed by atoms with Crippen LogP contribution < -0.4 is 0 Å². The van der Waals surface area contributed by atoms with Crippen molar-refractivity contribution in [1.82, 2.24) is 14.8 Å². The first-order valence-electron chi connectivity index (χ1n) is 9.61. The molecule has 0 aliphatic rings. The SMILES string of the molecule is CCOCc1ccccc1-n1nc(-c2ccncc2)c(-c2ccc(Cl)cc2)c1C. The van der Waals surface area contributed by atoms with Crippen LogP contribution in [0.4, 0.5) is 0 Å². The number of benzene rings is 2. The van der Waals surface area contributed by atoms with Crippen LogP contribution in [0.5, 0.6) is 0 Å². The molecule has 0 spiro atoms. The standard InChI is InChI=1S/C24H22ClN3O/c1-3-29-16-20-6-4-5-7-22(20)28-17(2)23(18-8-10-21(25)11-9-18)24(27-28)19-12-14-26-15-13-19/h4-15H,3,16H2,1-2H3. The number of nitrogens with zero attached hydrogens (tertiary/aromatic N) is 3. The molecule has 0 radical (unpaired) electrons. The Morgan fingerprint density at radius 1 is 0.931 bits per heavy atom. The van der Waals surface area contributed by atoms with Crippen molar-refractivity contribution in [3.05, 3.63) is 89.3 Å². The highest BCUT2D eigenvalue weighted by Gasteiger charge is 2.20. The number of aromatic nitrogens is 3. The molecule has 29 heavy (non-hydrogen) atoms. The Bertz CT molecular complexity index is 1100. The molecular formula is C24H22ClN3O. The molecule has 2 heterocycles. The number of rotatable bonds is 6. The zero-order chi connectivity index (χ0) is 20.2. The van der Waals surface area contributed by atoms with Crippen molar-refractivity contribution in [3.8, 4) is 28.1 Å². The Labute approximate surface area is 175 Å². The number of ether oxygens (including phenoxy) is 1. The summed E-state index contributed by atoms with van der Waals surface area (Å²) in [7, 11) is 0. The molecule has 0 saturated heterocycles. The highest BCUT2D eigenvalue weighted by atomic mass is 35.5. The molecule has 0 amide bonds. The normalized spacial score (nSPS) is 11.0. The largest absolute Gasteiger partial charge is 0.377 e. The molecule has 2 aromatic carbocycles. The van der Waals surface area contributed by atoms with Gasteiger partial charge in [0.2, 0.25) is 0 Å². The number of hydrogen-bond acceptors (Lipinski definition) is 3. The third kappa shape index (κ3) is 3.95. The van der Waals surface area contributed by atoms with E-state index in [-0.39, 0.29) is 0 Å². The molecule has 0 aliphatic heterocycles. The van der Waals surface area contributed by atoms with Crippen molar-refractivity contribution < 1.29 is 4.74 Å². The van der Waals surface area contributed by atoms with Gasteiger partial charge in [-0.1, -0.05) is 41.9 Å². The van der Waals surface area contributed by atoms with Gasteiger partial charge in [0.05, 0.1) is 12.3 Å². The number of hydrogen-bond donors (Lipinski definition) is 0. The molecule has 0 aliphatic carbocycles. The first-order chi connectivity index (χ1) is 14.2. The van der Waals surface area contributed by atoms with Gasteiger partial charge in [-0.25, -0.2) is 4.68 Å². The summed E-state index contributed by atoms with van der Waals surface area (Å²) in [6, 6.07) is 20.1. The van der Waals surface area contributed by atoms with E-state index in [4.69, 9.17) is 21.4 Å². The summed E-state index contributed by atoms with van der Waals surface area (Å²) in [5.74, 6) is 0. The molecule has 0 N–H and O–H groups in total. The van der Waals surface area contributed by atoms with Crippen molar-refractivity contribution >= 4 is 11.6 Å². The fourth-order valence-corrected chi connectivity index (χ4v) is 3.59. The van der Waals surface area contributed by atoms with E-state index in [1.165, 1.54) is 0 Å². The van der Waals surface area contributed by atoms with Crippen LogP contribution in [0.15, 0.2) is 73.1 Å². The zero-order valence-corrected chi connectivity index (χ0v) is 17.2. The molecule has 0 atom stereocenters. The van der Waals surface area contributed by atoms with Crippen LogP contribution in [0.3, 0.4) is 0 Å². The Hall–Kier alpha value is -2.95. The number of pyridine rings is 1. The maximum Gasteiger partial charge on any atom is 0.101 e. The molecule has 0 fully saturated rings. The fraction of sp³-hybridized carbons (Fsp3) is 0.167. The van der Waals surface area contributed by atoms with Crippen molar-refractivity contribution in [1.29, 1.82) is 0 Å². The molecule has 0 unspecified atom stereocenters. The quantitative estimate of drug-likeness (QED) is 0.390. The van der Waals surface area contributed by atoms with Crippen molar-refractivity contribution in [3.63, 3.8) is 0 Å². The highest BCUT2D eigenvalue weighted by Crippen LogP contribution is 2.36. The summed E-state index contributed by atoms with van der Waals surface area (Å²) in [5, 5.41) is 5.73. The van der Waals surface area contributed by atoms with E-state index in [9.17, 15) is 0 Å². The second-order valence-corrected chi connectivity index (χ2v) is 7.17. The first-order valence-corrected chi connectivity index (χ1v) is 9.98. The van der Waals surface area contributed by atoms with E-state index in [1.807, 2.05) is 60.1 Å². The molecule has 4 aromatic rings. The van der Waals surface area contributed by atoms with Crippen LogP contribution in [-0.2, 0) is 11.3 Å². The van der Waals surface area contributed by atoms with Crippen molar-refractivity contribution in [2.45, 2.75) is 20.5 Å². The molecule has 4 rings (SSSR count). The summed E-state index contributed by atoms with van der Waals surface area (Å²) in [6.45, 7) is 5.32. The van der Waals surface area contributed by atoms with E-state index < -0.39 is 0 Å². The predicted octanol–water partition coefficient (Wildman–Crippen LogP) is 6.10. The van der Waals surface area contributed by atoms with Crippen LogP contribution in [0.2, 0.25) is 5.02 Å². The minimum Gasteiger partial charge on any atom is -0.377 e. The second-order valence-electron chi connectivity index (χ2n) is 6.73. The third-order valence-electron chi connectivity index (χ3n) is 4.88. The average molecular weight is 404 g/mol. The van der Waals surface area contributed by atoms with Gasteiger partial charge in [0, 0.05) is 46.4 Å². The lowest BCUT2D eigenvalue weighted by Gasteiger charge is -2.11. The summed E-state index contributed by atoms with van der Waals surface area (Å²) < 4.78 is 7.69. The number of halogens is 1. The minimum atomic E-state index is 0.548. The maximum absolute atomic E-state index is 6.12. The van der Waals surface area contributed by atoms with Gasteiger partial charge in [-0.2, -0.15) is 5.10 Å². The van der Waals surface area contributed by atoms with Gasteiger partial charge in [0.15, 0.2) is 0 Å². The van der Waals surface area contributed by atoms with Gasteiger partial charge in [-0.15, -0.1) is 0 Å². The Morgan fingerprint density at radius 3 is 2.38 bits per heavy atom. The van der Waals surface area contributed by atoms with E-state index in [2.05, 4.69) is 24.0 Å². The van der Waals surface area contributed by atoms with Crippen molar-refractivity contribution in [2.75, 3.05) is 6.61 Å². The molecule has 0 saturated carbocycles. The molecule has 0 bridgehead atoms. The van der Waals surface area contributed by atoms with Crippen LogP contribution >= 0.6 is 11.6 Å². The minimum absolute atomic E-state index is 0.548. The Morgan fingerprint density at radius 2 is 1.66 bits per heavy atom. The lowest BCUT2D eigenvalue weighted by atomic mass is 10.00. The molecule has 146 valence electrons. The fourth-order valence-electron chi connectivity index (χ4n) is 3.46. The lowest BCUT2D eigenvalue weighted by molar-refractivity contribution is 0.134. The van der Waals surface area contributed by atoms with Gasteiger partial charge in [-0.3, -0.25) is 4.98 Å². The van der Waals surface area contributed by atoms with E-state index in [1.54, 1.807) is 12.4 Å². The molecule has 4 nitrogen and oxygen atoms in total. The topological polar surface area (TPSA) is 39.9 Å². The van der Waals surface area contributed by atoms with Crippen LogP contribution in [0, 0.1) is 6.92 Å². The van der Waals surface area contributed by atoms with E-state index >= 15 is 0 Å². The van der Waals surface area contributed by atoms with Crippen LogP contribution in [-0.4, -0.2) is 21.4 Å². The van der Waals surface area contributed by atoms with E-state index in [0.29, 0.717) is 18.2 Å². The summed E-state index contributed by atoms with van der Waals surface area (Å²) in [4.78, 5) is 4.15. The van der Waals surface area contributed by atoms with Crippen molar-refractivity contribution in [2.24, 2.45) is 0 Å². The summed E-state index contributed by atoms with van der Waals surface area (Å²) >= 11 is 6.12. The van der Waals surface area contributed by atoms with Gasteiger partial charge in [-0.05, 0) is 49.7 Å². The molecule has 2 aromatic heterocycles. The second kappa shape index (κ2) is 8.60. The lowest BCUT2D eigenvalue weighted by Crippen LogP contribution is -2.05. The number of para-hydroxylation sites is 1. The van der Waals surface area contributed by atoms with Crippen LogP contribution in [0.25, 0.3) is 28.1 Å². The predicted molar refractivity (Wildman–Crippen MR) is 117 cm³/mol. The highest BCUT2D eigenvalue weighted by molar-refractivity contribution is 6.30. The Balaban J connectivity index is 1.93.